The first-order valence-electron chi connectivity index (χ1n) is 13.0. The maximum atomic E-state index is 13.6. The molecule has 1 amide bonds. The zero-order valence-corrected chi connectivity index (χ0v) is 21.0. The van der Waals surface area contributed by atoms with E-state index >= 15 is 0 Å². The molecule has 5 rings (SSSR count). The Hall–Kier alpha value is -3.84. The number of nitroso groups, excluding NO2 is 1. The van der Waals surface area contributed by atoms with Crippen molar-refractivity contribution in [1.29, 1.82) is 0 Å². The summed E-state index contributed by atoms with van der Waals surface area (Å²) in [5, 5.41) is 15.6. The minimum absolute atomic E-state index is 0.297. The smallest absolute Gasteiger partial charge is 0.328 e. The van der Waals surface area contributed by atoms with Gasteiger partial charge in [-0.3, -0.25) is 15.1 Å². The van der Waals surface area contributed by atoms with Gasteiger partial charge in [-0.15, -0.1) is 5.01 Å². The van der Waals surface area contributed by atoms with Crippen LogP contribution in [0.1, 0.15) is 42.5 Å². The van der Waals surface area contributed by atoms with Crippen molar-refractivity contribution in [2.24, 2.45) is 11.8 Å². The minimum atomic E-state index is -0.954. The van der Waals surface area contributed by atoms with Gasteiger partial charge in [-0.25, -0.2) is 0 Å². The molecule has 1 saturated carbocycles. The molecule has 3 aromatic rings. The highest BCUT2D eigenvalue weighted by Gasteiger charge is 2.40. The van der Waals surface area contributed by atoms with E-state index in [2.05, 4.69) is 10.3 Å². The molecule has 0 radical (unpaired) electrons. The number of rotatable bonds is 9. The number of benzene rings is 2. The van der Waals surface area contributed by atoms with Crippen molar-refractivity contribution >= 4 is 17.2 Å². The number of aryl methyl sites for hydroxylation is 1. The lowest BCUT2D eigenvalue weighted by molar-refractivity contribution is -0.587. The number of aliphatic hydroxyl groups is 1. The van der Waals surface area contributed by atoms with Crippen molar-refractivity contribution in [3.8, 4) is 0 Å². The largest absolute Gasteiger partial charge is 0.392 e. The van der Waals surface area contributed by atoms with E-state index in [9.17, 15) is 14.8 Å². The van der Waals surface area contributed by atoms with Crippen molar-refractivity contribution < 1.29 is 14.8 Å². The van der Waals surface area contributed by atoms with Crippen molar-refractivity contribution in [1.82, 2.24) is 10.3 Å². The van der Waals surface area contributed by atoms with Crippen LogP contribution in [0, 0.1) is 16.7 Å². The van der Waals surface area contributed by atoms with Crippen LogP contribution >= 0.6 is 0 Å². The SMILES string of the molecule is CN1c2ccccc2C(c2ccccn2)=CC(NC(=O)[C@H](CC2CC2)[C@@H](O)CCc2ccccc2)[N+]1=O. The molecule has 7 nitrogen and oxygen atoms in total. The Balaban J connectivity index is 1.40. The summed E-state index contributed by atoms with van der Waals surface area (Å²) >= 11 is 0. The molecule has 3 atom stereocenters. The number of amides is 1. The van der Waals surface area contributed by atoms with E-state index in [1.54, 1.807) is 19.3 Å². The Morgan fingerprint density at radius 3 is 2.54 bits per heavy atom. The molecular weight excluding hydrogens is 464 g/mol. The van der Waals surface area contributed by atoms with Gasteiger partial charge in [0.2, 0.25) is 5.91 Å². The van der Waals surface area contributed by atoms with Crippen LogP contribution in [0.25, 0.3) is 5.57 Å². The zero-order chi connectivity index (χ0) is 25.8. The fraction of sp³-hybridized carbons (Fsp3) is 0.333. The number of aliphatic hydroxyl groups excluding tert-OH is 1. The second kappa shape index (κ2) is 11.0. The summed E-state index contributed by atoms with van der Waals surface area (Å²) in [6.07, 6.45) is 5.69. The summed E-state index contributed by atoms with van der Waals surface area (Å²) in [4.78, 5) is 32.4. The van der Waals surface area contributed by atoms with Crippen molar-refractivity contribution in [3.05, 3.63) is 107 Å². The van der Waals surface area contributed by atoms with E-state index in [0.29, 0.717) is 25.2 Å². The van der Waals surface area contributed by atoms with E-state index in [-0.39, 0.29) is 5.91 Å². The van der Waals surface area contributed by atoms with Gasteiger partial charge in [0.15, 0.2) is 4.87 Å². The maximum Gasteiger partial charge on any atom is 0.328 e. The molecule has 1 aromatic heterocycles. The molecule has 7 heteroatoms. The summed E-state index contributed by atoms with van der Waals surface area (Å²) in [5.74, 6) is -0.423. The lowest BCUT2D eigenvalue weighted by Gasteiger charge is -2.23. The van der Waals surface area contributed by atoms with E-state index in [4.69, 9.17) is 0 Å². The normalized spacial score (nSPS) is 18.9. The van der Waals surface area contributed by atoms with Gasteiger partial charge >= 0.3 is 6.17 Å². The molecule has 37 heavy (non-hydrogen) atoms. The number of carbonyl (C=O) groups is 1. The first-order chi connectivity index (χ1) is 18.0. The standard InChI is InChI=1S/C30H32N4O3/c1-33-27-13-6-5-11-23(27)24(26-12-7-8-18-31-26)20-29(34(33)37)32-30(36)25(19-22-14-15-22)28(35)17-16-21-9-3-2-4-10-21/h2-13,18,20,22,25,28-29,35H,14-17,19H2,1H3/p+1/t25-,28+,29?/m1/s1. The highest BCUT2D eigenvalue weighted by Crippen LogP contribution is 2.37. The number of carbonyl (C=O) groups excluding carboxylic acids is 1. The van der Waals surface area contributed by atoms with Crippen LogP contribution in [-0.2, 0) is 11.2 Å². The fourth-order valence-corrected chi connectivity index (χ4v) is 4.99. The van der Waals surface area contributed by atoms with Gasteiger partial charge in [-0.1, -0.05) is 67.4 Å². The third kappa shape index (κ3) is 5.78. The third-order valence-corrected chi connectivity index (χ3v) is 7.29. The van der Waals surface area contributed by atoms with Crippen LogP contribution in [0.4, 0.5) is 5.69 Å². The first kappa shape index (κ1) is 24.8. The lowest BCUT2D eigenvalue weighted by atomic mass is 9.90. The Kier molecular flexibility index (Phi) is 7.42. The summed E-state index contributed by atoms with van der Waals surface area (Å²) in [5.41, 5.74) is 4.21. The molecular formula is C30H33N4O3+. The molecule has 2 aromatic carbocycles. The van der Waals surface area contributed by atoms with Crippen LogP contribution in [0.5, 0.6) is 0 Å². The number of nitrogens with one attached hydrogen (secondary N) is 1. The average Bonchev–Trinajstić information content (AvgIpc) is 3.77. The zero-order valence-electron chi connectivity index (χ0n) is 21.0. The van der Waals surface area contributed by atoms with Gasteiger partial charge in [0, 0.05) is 23.4 Å². The molecule has 0 spiro atoms. The van der Waals surface area contributed by atoms with Crippen LogP contribution in [0.15, 0.2) is 85.1 Å². The average molecular weight is 498 g/mol. The van der Waals surface area contributed by atoms with E-state index in [1.807, 2.05) is 72.8 Å². The number of hydrogen-bond acceptors (Lipinski definition) is 4. The first-order valence-corrected chi connectivity index (χ1v) is 13.0. The monoisotopic (exact) mass is 497 g/mol. The molecule has 1 aliphatic heterocycles. The summed E-state index contributed by atoms with van der Waals surface area (Å²) in [7, 11) is 1.69. The van der Waals surface area contributed by atoms with Crippen LogP contribution in [0.2, 0.25) is 0 Å². The number of hydrogen-bond donors (Lipinski definition) is 2. The Morgan fingerprint density at radius 1 is 1.08 bits per heavy atom. The Labute approximate surface area is 217 Å². The van der Waals surface area contributed by atoms with Gasteiger partial charge in [-0.05, 0) is 48.9 Å². The van der Waals surface area contributed by atoms with Crippen molar-refractivity contribution in [3.63, 3.8) is 0 Å². The number of fused-ring (bicyclic) bond motifs is 1. The Bertz CT molecular complexity index is 1270. The minimum Gasteiger partial charge on any atom is -0.392 e. The van der Waals surface area contributed by atoms with Gasteiger partial charge in [0.1, 0.15) is 5.69 Å². The lowest BCUT2D eigenvalue weighted by Crippen LogP contribution is -2.50. The van der Waals surface area contributed by atoms with Gasteiger partial charge in [0.05, 0.1) is 29.7 Å². The van der Waals surface area contributed by atoms with Gasteiger partial charge < -0.3 is 5.11 Å². The quantitative estimate of drug-likeness (QED) is 0.425. The third-order valence-electron chi connectivity index (χ3n) is 7.29. The molecule has 0 bridgehead atoms. The Morgan fingerprint density at radius 2 is 1.81 bits per heavy atom. The van der Waals surface area contributed by atoms with E-state index in [0.717, 1.165) is 45.8 Å². The number of hydrazine groups is 1. The number of anilines is 1. The number of nitrogens with zero attached hydrogens (tertiary/aromatic N) is 3. The van der Waals surface area contributed by atoms with E-state index < -0.39 is 18.2 Å². The number of aromatic nitrogens is 1. The molecule has 1 aliphatic carbocycles. The number of pyridine rings is 1. The summed E-state index contributed by atoms with van der Waals surface area (Å²) in [6.45, 7) is 0. The van der Waals surface area contributed by atoms with Crippen LogP contribution in [-0.4, -0.2) is 40.2 Å². The van der Waals surface area contributed by atoms with Gasteiger partial charge in [0.25, 0.3) is 0 Å². The maximum absolute atomic E-state index is 13.6. The summed E-state index contributed by atoms with van der Waals surface area (Å²) in [6, 6.07) is 23.3. The van der Waals surface area contributed by atoms with Gasteiger partial charge in [-0.2, -0.15) is 0 Å². The number of para-hydroxylation sites is 1. The van der Waals surface area contributed by atoms with E-state index in [1.165, 1.54) is 5.01 Å². The topological polar surface area (TPSA) is 85.5 Å². The highest BCUT2D eigenvalue weighted by molar-refractivity contribution is 5.86. The molecule has 190 valence electrons. The molecule has 1 unspecified atom stereocenters. The second-order valence-electron chi connectivity index (χ2n) is 9.97. The van der Waals surface area contributed by atoms with Crippen LogP contribution < -0.4 is 10.3 Å². The second-order valence-corrected chi connectivity index (χ2v) is 9.97. The molecule has 0 saturated heterocycles. The summed E-state index contributed by atoms with van der Waals surface area (Å²) < 4.78 is 0. The predicted octanol–water partition coefficient (Wildman–Crippen LogP) is 4.51. The predicted molar refractivity (Wildman–Crippen MR) is 143 cm³/mol. The molecule has 2 aliphatic rings. The fourth-order valence-electron chi connectivity index (χ4n) is 4.99. The van der Waals surface area contributed by atoms with Crippen molar-refractivity contribution in [2.45, 2.75) is 44.4 Å². The molecule has 1 fully saturated rings. The molecule has 2 N–H and O–H groups in total. The van der Waals surface area contributed by atoms with Crippen LogP contribution in [0.3, 0.4) is 0 Å². The molecule has 2 heterocycles. The highest BCUT2D eigenvalue weighted by atomic mass is 16.3. The van der Waals surface area contributed by atoms with Crippen molar-refractivity contribution in [2.75, 3.05) is 12.1 Å².